The molecule has 140 valence electrons. The lowest BCUT2D eigenvalue weighted by atomic mass is 9.99. The summed E-state index contributed by atoms with van der Waals surface area (Å²) in [4.78, 5) is 13.4. The maximum absolute atomic E-state index is 11.3. The Morgan fingerprint density at radius 3 is 2.31 bits per heavy atom. The fourth-order valence-corrected chi connectivity index (χ4v) is 2.67. The lowest BCUT2D eigenvalue weighted by molar-refractivity contribution is -0.134. The van der Waals surface area contributed by atoms with Crippen molar-refractivity contribution in [1.29, 1.82) is 0 Å². The molecule has 0 saturated carbocycles. The van der Waals surface area contributed by atoms with Crippen LogP contribution in [0.1, 0.15) is 12.5 Å². The molecule has 0 spiro atoms. The van der Waals surface area contributed by atoms with E-state index in [0.29, 0.717) is 23.8 Å². The Balaban J connectivity index is 2.24. The van der Waals surface area contributed by atoms with Crippen LogP contribution in [0.15, 0.2) is 48.3 Å². The summed E-state index contributed by atoms with van der Waals surface area (Å²) in [6.45, 7) is 2.69. The van der Waals surface area contributed by atoms with Crippen molar-refractivity contribution in [2.24, 2.45) is 5.92 Å². The predicted octanol–water partition coefficient (Wildman–Crippen LogP) is 3.29. The largest absolute Gasteiger partial charge is 0.493 e. The SMILES string of the molecule is COC(=O)/C=C/C1=CN(Cc2cc(OC)c(OC)c(OC)c2)C=CC1C. The highest BCUT2D eigenvalue weighted by molar-refractivity contribution is 5.82. The quantitative estimate of drug-likeness (QED) is 0.550. The van der Waals surface area contributed by atoms with Crippen LogP contribution in [0.3, 0.4) is 0 Å². The van der Waals surface area contributed by atoms with Crippen LogP contribution in [0.25, 0.3) is 0 Å². The van der Waals surface area contributed by atoms with Gasteiger partial charge in [0.15, 0.2) is 11.5 Å². The second-order valence-electron chi connectivity index (χ2n) is 5.82. The summed E-state index contributed by atoms with van der Waals surface area (Å²) in [7, 11) is 6.14. The molecule has 1 heterocycles. The van der Waals surface area contributed by atoms with E-state index in [1.807, 2.05) is 29.4 Å². The zero-order chi connectivity index (χ0) is 19.1. The van der Waals surface area contributed by atoms with Gasteiger partial charge >= 0.3 is 5.97 Å². The van der Waals surface area contributed by atoms with Gasteiger partial charge in [0.25, 0.3) is 0 Å². The second-order valence-corrected chi connectivity index (χ2v) is 5.82. The summed E-state index contributed by atoms with van der Waals surface area (Å²) >= 11 is 0. The van der Waals surface area contributed by atoms with Crippen molar-refractivity contribution in [2.75, 3.05) is 28.4 Å². The molecule has 0 radical (unpaired) electrons. The van der Waals surface area contributed by atoms with Gasteiger partial charge in [-0.3, -0.25) is 0 Å². The van der Waals surface area contributed by atoms with Gasteiger partial charge in [0.05, 0.1) is 28.4 Å². The number of carbonyl (C=O) groups excluding carboxylic acids is 1. The highest BCUT2D eigenvalue weighted by Crippen LogP contribution is 2.38. The van der Waals surface area contributed by atoms with E-state index in [1.165, 1.54) is 13.2 Å². The maximum atomic E-state index is 11.3. The topological polar surface area (TPSA) is 57.2 Å². The van der Waals surface area contributed by atoms with E-state index in [1.54, 1.807) is 27.4 Å². The Morgan fingerprint density at radius 2 is 1.77 bits per heavy atom. The zero-order valence-electron chi connectivity index (χ0n) is 15.8. The lowest BCUT2D eigenvalue weighted by Gasteiger charge is -2.24. The van der Waals surface area contributed by atoms with Crippen LogP contribution in [-0.4, -0.2) is 39.3 Å². The molecule has 0 aliphatic carbocycles. The molecule has 1 aromatic carbocycles. The molecular weight excluding hydrogens is 334 g/mol. The summed E-state index contributed by atoms with van der Waals surface area (Å²) in [6.07, 6.45) is 9.31. The standard InChI is InChI=1S/C20H25NO5/c1-14-8-9-21(13-16(14)6-7-19(22)25-4)12-15-10-17(23-2)20(26-5)18(11-15)24-3/h6-11,13-14H,12H2,1-5H3/b7-6+. The molecule has 0 N–H and O–H groups in total. The van der Waals surface area contributed by atoms with Gasteiger partial charge in [-0.15, -0.1) is 0 Å². The smallest absolute Gasteiger partial charge is 0.330 e. The average Bonchev–Trinajstić information content (AvgIpc) is 2.67. The Labute approximate surface area is 154 Å². The molecule has 0 saturated heterocycles. The first-order valence-corrected chi connectivity index (χ1v) is 8.23. The van der Waals surface area contributed by atoms with E-state index in [0.717, 1.165) is 11.1 Å². The number of rotatable bonds is 7. The molecule has 0 amide bonds. The fraction of sp³-hybridized carbons (Fsp3) is 0.350. The number of hydrogen-bond acceptors (Lipinski definition) is 6. The van der Waals surface area contributed by atoms with Crippen LogP contribution >= 0.6 is 0 Å². The highest BCUT2D eigenvalue weighted by Gasteiger charge is 2.16. The Kier molecular flexibility index (Phi) is 6.72. The number of allylic oxidation sites excluding steroid dienone is 3. The van der Waals surface area contributed by atoms with E-state index in [9.17, 15) is 4.79 Å². The van der Waals surface area contributed by atoms with Crippen LogP contribution in [-0.2, 0) is 16.1 Å². The van der Waals surface area contributed by atoms with Gasteiger partial charge in [-0.1, -0.05) is 13.0 Å². The van der Waals surface area contributed by atoms with E-state index in [2.05, 4.69) is 17.7 Å². The number of hydrogen-bond donors (Lipinski definition) is 0. The Morgan fingerprint density at radius 1 is 1.12 bits per heavy atom. The highest BCUT2D eigenvalue weighted by atomic mass is 16.5. The minimum Gasteiger partial charge on any atom is -0.493 e. The van der Waals surface area contributed by atoms with E-state index in [-0.39, 0.29) is 11.9 Å². The Hall–Kier alpha value is -2.89. The van der Waals surface area contributed by atoms with Gasteiger partial charge in [0, 0.05) is 30.9 Å². The third kappa shape index (κ3) is 4.59. The van der Waals surface area contributed by atoms with Gasteiger partial charge in [-0.05, 0) is 29.3 Å². The first-order chi connectivity index (χ1) is 12.5. The summed E-state index contributed by atoms with van der Waals surface area (Å²) in [5.74, 6) is 1.65. The molecule has 0 aromatic heterocycles. The van der Waals surface area contributed by atoms with Gasteiger partial charge < -0.3 is 23.8 Å². The van der Waals surface area contributed by atoms with Crippen molar-refractivity contribution >= 4 is 5.97 Å². The van der Waals surface area contributed by atoms with Crippen LogP contribution in [0.2, 0.25) is 0 Å². The molecular formula is C20H25NO5. The maximum Gasteiger partial charge on any atom is 0.330 e. The van der Waals surface area contributed by atoms with E-state index >= 15 is 0 Å². The summed E-state index contributed by atoms with van der Waals surface area (Å²) in [5, 5.41) is 0. The minimum atomic E-state index is -0.371. The molecule has 0 fully saturated rings. The summed E-state index contributed by atoms with van der Waals surface area (Å²) in [6, 6.07) is 3.84. The van der Waals surface area contributed by atoms with Crippen LogP contribution in [0.4, 0.5) is 0 Å². The number of ether oxygens (including phenoxy) is 4. The molecule has 6 nitrogen and oxygen atoms in total. The third-order valence-electron chi connectivity index (χ3n) is 4.11. The normalized spacial score (nSPS) is 16.4. The van der Waals surface area contributed by atoms with Crippen molar-refractivity contribution in [1.82, 2.24) is 4.90 Å². The first-order valence-electron chi connectivity index (χ1n) is 8.23. The fourth-order valence-electron chi connectivity index (χ4n) is 2.67. The number of benzene rings is 1. The Bertz CT molecular complexity index is 711. The van der Waals surface area contributed by atoms with Crippen molar-refractivity contribution < 1.29 is 23.7 Å². The second kappa shape index (κ2) is 8.99. The van der Waals surface area contributed by atoms with Crippen molar-refractivity contribution in [3.8, 4) is 17.2 Å². The molecule has 1 aliphatic heterocycles. The van der Waals surface area contributed by atoms with Crippen molar-refractivity contribution in [3.63, 3.8) is 0 Å². The minimum absolute atomic E-state index is 0.215. The summed E-state index contributed by atoms with van der Waals surface area (Å²) in [5.41, 5.74) is 2.02. The number of carbonyl (C=O) groups is 1. The van der Waals surface area contributed by atoms with E-state index in [4.69, 9.17) is 14.2 Å². The number of methoxy groups -OCH3 is 4. The van der Waals surface area contributed by atoms with Gasteiger partial charge in [-0.2, -0.15) is 0 Å². The van der Waals surface area contributed by atoms with Gasteiger partial charge in [-0.25, -0.2) is 4.79 Å². The van der Waals surface area contributed by atoms with Gasteiger partial charge in [0.2, 0.25) is 5.75 Å². The predicted molar refractivity (Wildman–Crippen MR) is 99.2 cm³/mol. The molecule has 1 unspecified atom stereocenters. The molecule has 1 aliphatic rings. The van der Waals surface area contributed by atoms with Crippen molar-refractivity contribution in [3.05, 3.63) is 53.9 Å². The molecule has 26 heavy (non-hydrogen) atoms. The molecule has 1 atom stereocenters. The molecule has 6 heteroatoms. The molecule has 2 rings (SSSR count). The average molecular weight is 359 g/mol. The number of esters is 1. The lowest BCUT2D eigenvalue weighted by Crippen LogP contribution is -2.16. The monoisotopic (exact) mass is 359 g/mol. The number of nitrogens with zero attached hydrogens (tertiary/aromatic N) is 1. The van der Waals surface area contributed by atoms with Gasteiger partial charge in [0.1, 0.15) is 0 Å². The zero-order valence-corrected chi connectivity index (χ0v) is 15.8. The van der Waals surface area contributed by atoms with Crippen molar-refractivity contribution in [2.45, 2.75) is 13.5 Å². The van der Waals surface area contributed by atoms with Crippen LogP contribution < -0.4 is 14.2 Å². The molecule has 0 bridgehead atoms. The van der Waals surface area contributed by atoms with Crippen LogP contribution in [0.5, 0.6) is 17.2 Å². The van der Waals surface area contributed by atoms with E-state index < -0.39 is 0 Å². The van der Waals surface area contributed by atoms with Crippen LogP contribution in [0, 0.1) is 5.92 Å². The first kappa shape index (κ1) is 19.4. The summed E-state index contributed by atoms with van der Waals surface area (Å²) < 4.78 is 20.8. The third-order valence-corrected chi connectivity index (χ3v) is 4.11. The molecule has 1 aromatic rings.